The summed E-state index contributed by atoms with van der Waals surface area (Å²) in [5, 5.41) is 9.05. The fourth-order valence-corrected chi connectivity index (χ4v) is 3.33. The van der Waals surface area contributed by atoms with Crippen LogP contribution in [0.3, 0.4) is 0 Å². The van der Waals surface area contributed by atoms with Crippen molar-refractivity contribution in [3.63, 3.8) is 0 Å². The molecule has 0 bridgehead atoms. The van der Waals surface area contributed by atoms with Gasteiger partial charge in [-0.1, -0.05) is 31.2 Å². The van der Waals surface area contributed by atoms with Crippen molar-refractivity contribution in [2.24, 2.45) is 11.8 Å². The Bertz CT molecular complexity index is 782. The van der Waals surface area contributed by atoms with Crippen molar-refractivity contribution in [2.75, 3.05) is 13.2 Å². The Kier molecular flexibility index (Phi) is 6.80. The molecular formula is C23H28O5. The van der Waals surface area contributed by atoms with E-state index in [-0.39, 0.29) is 6.10 Å². The zero-order valence-electron chi connectivity index (χ0n) is 16.5. The summed E-state index contributed by atoms with van der Waals surface area (Å²) in [7, 11) is 0. The molecule has 0 radical (unpaired) electrons. The second-order valence-electron chi connectivity index (χ2n) is 7.36. The van der Waals surface area contributed by atoms with Gasteiger partial charge in [0.05, 0.1) is 25.2 Å². The highest BCUT2D eigenvalue weighted by molar-refractivity contribution is 5.69. The van der Waals surface area contributed by atoms with Crippen LogP contribution in [0.1, 0.15) is 32.3 Å². The number of carbonyl (C=O) groups is 1. The molecule has 3 rings (SSSR count). The predicted octanol–water partition coefficient (Wildman–Crippen LogP) is 4.58. The zero-order valence-corrected chi connectivity index (χ0v) is 16.5. The van der Waals surface area contributed by atoms with Crippen molar-refractivity contribution in [3.8, 4) is 17.2 Å². The van der Waals surface area contributed by atoms with Crippen LogP contribution in [0.4, 0.5) is 0 Å². The van der Waals surface area contributed by atoms with E-state index in [9.17, 15) is 4.79 Å². The molecule has 0 heterocycles. The summed E-state index contributed by atoms with van der Waals surface area (Å²) in [6, 6.07) is 15.5. The maximum Gasteiger partial charge on any atom is 0.306 e. The fraction of sp³-hybridized carbons (Fsp3) is 0.435. The number of aliphatic carboxylic acids is 1. The SMILES string of the molecule is CCOc1ccccc1OC1CC(COc2cccc(CC(C)C(=O)O)c2)C1. The highest BCUT2D eigenvalue weighted by atomic mass is 16.5. The minimum absolute atomic E-state index is 0.193. The molecule has 2 aromatic rings. The van der Waals surface area contributed by atoms with Crippen molar-refractivity contribution in [3.05, 3.63) is 54.1 Å². The van der Waals surface area contributed by atoms with Gasteiger partial charge in [-0.15, -0.1) is 0 Å². The van der Waals surface area contributed by atoms with Gasteiger partial charge in [0.1, 0.15) is 5.75 Å². The van der Waals surface area contributed by atoms with Crippen LogP contribution in [-0.4, -0.2) is 30.4 Å². The predicted molar refractivity (Wildman–Crippen MR) is 107 cm³/mol. The van der Waals surface area contributed by atoms with Gasteiger partial charge in [-0.3, -0.25) is 4.79 Å². The van der Waals surface area contributed by atoms with E-state index in [1.807, 2.05) is 55.5 Å². The van der Waals surface area contributed by atoms with Gasteiger partial charge >= 0.3 is 5.97 Å². The topological polar surface area (TPSA) is 65.0 Å². The molecule has 1 atom stereocenters. The van der Waals surface area contributed by atoms with Crippen LogP contribution < -0.4 is 14.2 Å². The summed E-state index contributed by atoms with van der Waals surface area (Å²) >= 11 is 0. The van der Waals surface area contributed by atoms with E-state index >= 15 is 0 Å². The molecule has 1 N–H and O–H groups in total. The van der Waals surface area contributed by atoms with Gasteiger partial charge < -0.3 is 19.3 Å². The molecule has 5 heteroatoms. The summed E-state index contributed by atoms with van der Waals surface area (Å²) in [6.45, 7) is 4.94. The molecule has 5 nitrogen and oxygen atoms in total. The molecule has 1 aliphatic carbocycles. The Morgan fingerprint density at radius 3 is 2.57 bits per heavy atom. The van der Waals surface area contributed by atoms with Gasteiger partial charge in [0.25, 0.3) is 0 Å². The minimum atomic E-state index is -0.780. The number of ether oxygens (including phenoxy) is 3. The normalized spacial score (nSPS) is 19.4. The van der Waals surface area contributed by atoms with Gasteiger partial charge in [-0.25, -0.2) is 0 Å². The second-order valence-corrected chi connectivity index (χ2v) is 7.36. The number of carboxylic acid groups (broad SMARTS) is 1. The first kappa shape index (κ1) is 20.1. The van der Waals surface area contributed by atoms with E-state index in [1.165, 1.54) is 0 Å². The smallest absolute Gasteiger partial charge is 0.306 e. The molecule has 2 aromatic carbocycles. The standard InChI is InChI=1S/C23H28O5/c1-3-26-21-9-4-5-10-22(21)28-20-13-18(14-20)15-27-19-8-6-7-17(12-19)11-16(2)23(24)25/h4-10,12,16,18,20H,3,11,13-15H2,1-2H3,(H,24,25). The number of hydrogen-bond acceptors (Lipinski definition) is 4. The van der Waals surface area contributed by atoms with Gasteiger partial charge in [0, 0.05) is 0 Å². The van der Waals surface area contributed by atoms with Gasteiger partial charge in [-0.2, -0.15) is 0 Å². The average molecular weight is 384 g/mol. The monoisotopic (exact) mass is 384 g/mol. The van der Waals surface area contributed by atoms with E-state index in [1.54, 1.807) is 6.92 Å². The summed E-state index contributed by atoms with van der Waals surface area (Å²) in [4.78, 5) is 11.0. The van der Waals surface area contributed by atoms with Crippen LogP contribution in [0, 0.1) is 11.8 Å². The number of carboxylic acids is 1. The van der Waals surface area contributed by atoms with Gasteiger partial charge in [-0.05, 0) is 61.9 Å². The maximum atomic E-state index is 11.0. The quantitative estimate of drug-likeness (QED) is 0.649. The molecule has 1 unspecified atom stereocenters. The molecular weight excluding hydrogens is 356 g/mol. The lowest BCUT2D eigenvalue weighted by molar-refractivity contribution is -0.141. The van der Waals surface area contributed by atoms with Crippen molar-refractivity contribution in [1.82, 2.24) is 0 Å². The van der Waals surface area contributed by atoms with Crippen LogP contribution in [0.15, 0.2) is 48.5 Å². The fourth-order valence-electron chi connectivity index (χ4n) is 3.33. The zero-order chi connectivity index (χ0) is 19.9. The lowest BCUT2D eigenvalue weighted by atomic mass is 9.83. The molecule has 1 fully saturated rings. The Hall–Kier alpha value is -2.69. The number of hydrogen-bond donors (Lipinski definition) is 1. The molecule has 150 valence electrons. The van der Waals surface area contributed by atoms with Crippen molar-refractivity contribution < 1.29 is 24.1 Å². The third-order valence-corrected chi connectivity index (χ3v) is 4.98. The van der Waals surface area contributed by atoms with Crippen LogP contribution in [-0.2, 0) is 11.2 Å². The van der Waals surface area contributed by atoms with E-state index in [4.69, 9.17) is 19.3 Å². The first-order chi connectivity index (χ1) is 13.5. The lowest BCUT2D eigenvalue weighted by Crippen LogP contribution is -2.37. The molecule has 0 spiro atoms. The Balaban J connectivity index is 1.44. The number of rotatable bonds is 10. The number of para-hydroxylation sites is 2. The highest BCUT2D eigenvalue weighted by Gasteiger charge is 2.32. The highest BCUT2D eigenvalue weighted by Crippen LogP contribution is 2.35. The molecule has 0 aliphatic heterocycles. The molecule has 0 saturated heterocycles. The summed E-state index contributed by atoms with van der Waals surface area (Å²) in [5.74, 6) is 1.66. The Morgan fingerprint density at radius 1 is 1.11 bits per heavy atom. The molecule has 0 aromatic heterocycles. The van der Waals surface area contributed by atoms with Crippen LogP contribution in [0.25, 0.3) is 0 Å². The lowest BCUT2D eigenvalue weighted by Gasteiger charge is -2.35. The van der Waals surface area contributed by atoms with Gasteiger partial charge in [0.2, 0.25) is 0 Å². The van der Waals surface area contributed by atoms with E-state index in [0.717, 1.165) is 35.7 Å². The molecule has 1 saturated carbocycles. The largest absolute Gasteiger partial charge is 0.493 e. The third kappa shape index (κ3) is 5.41. The summed E-state index contributed by atoms with van der Waals surface area (Å²) < 4.78 is 17.6. The minimum Gasteiger partial charge on any atom is -0.493 e. The number of benzene rings is 2. The van der Waals surface area contributed by atoms with E-state index in [0.29, 0.717) is 25.6 Å². The first-order valence-electron chi connectivity index (χ1n) is 9.88. The average Bonchev–Trinajstić information content (AvgIpc) is 2.65. The molecule has 28 heavy (non-hydrogen) atoms. The van der Waals surface area contributed by atoms with Crippen molar-refractivity contribution in [2.45, 2.75) is 39.2 Å². The Labute approximate surface area is 166 Å². The summed E-state index contributed by atoms with van der Waals surface area (Å²) in [5.41, 5.74) is 0.981. The van der Waals surface area contributed by atoms with Crippen molar-refractivity contribution in [1.29, 1.82) is 0 Å². The Morgan fingerprint density at radius 2 is 1.86 bits per heavy atom. The molecule has 0 amide bonds. The van der Waals surface area contributed by atoms with Crippen LogP contribution in [0.5, 0.6) is 17.2 Å². The second kappa shape index (κ2) is 9.49. The van der Waals surface area contributed by atoms with E-state index in [2.05, 4.69) is 0 Å². The maximum absolute atomic E-state index is 11.0. The van der Waals surface area contributed by atoms with E-state index < -0.39 is 11.9 Å². The molecule has 1 aliphatic rings. The third-order valence-electron chi connectivity index (χ3n) is 4.98. The van der Waals surface area contributed by atoms with Gasteiger partial charge in [0.15, 0.2) is 11.5 Å². The van der Waals surface area contributed by atoms with Crippen LogP contribution >= 0.6 is 0 Å². The van der Waals surface area contributed by atoms with Crippen LogP contribution in [0.2, 0.25) is 0 Å². The van der Waals surface area contributed by atoms with Crippen molar-refractivity contribution >= 4 is 5.97 Å². The summed E-state index contributed by atoms with van der Waals surface area (Å²) in [6.07, 6.45) is 2.61. The first-order valence-corrected chi connectivity index (χ1v) is 9.88.